The standard InChI is InChI=1S/C22H26N4O/c1-2-3-13-26-14-12-24-21(26)18-10-7-11-19(16-18)25-22(27)20(23)15-17-8-5-4-6-9-17/h4-12,14,16,20H,2-3,13,15,23H2,1H3,(H,25,27). The zero-order valence-corrected chi connectivity index (χ0v) is 15.6. The number of anilines is 1. The van der Waals surface area contributed by atoms with Crippen LogP contribution in [0.2, 0.25) is 0 Å². The lowest BCUT2D eigenvalue weighted by Gasteiger charge is -2.13. The first-order valence-electron chi connectivity index (χ1n) is 9.39. The number of carbonyl (C=O) groups is 1. The summed E-state index contributed by atoms with van der Waals surface area (Å²) in [4.78, 5) is 16.9. The highest BCUT2D eigenvalue weighted by Crippen LogP contribution is 2.22. The Kier molecular flexibility index (Phi) is 6.39. The molecule has 0 aliphatic rings. The van der Waals surface area contributed by atoms with E-state index in [2.05, 4.69) is 21.8 Å². The van der Waals surface area contributed by atoms with Crippen LogP contribution in [0.5, 0.6) is 0 Å². The van der Waals surface area contributed by atoms with Gasteiger partial charge in [-0.1, -0.05) is 55.8 Å². The van der Waals surface area contributed by atoms with Crippen molar-refractivity contribution in [2.75, 3.05) is 5.32 Å². The molecule has 0 spiro atoms. The minimum Gasteiger partial charge on any atom is -0.331 e. The number of imidazole rings is 1. The van der Waals surface area contributed by atoms with E-state index in [1.54, 1.807) is 0 Å². The first kappa shape index (κ1) is 18.9. The maximum Gasteiger partial charge on any atom is 0.241 e. The summed E-state index contributed by atoms with van der Waals surface area (Å²) in [6.45, 7) is 3.11. The van der Waals surface area contributed by atoms with Crippen molar-refractivity contribution in [2.45, 2.75) is 38.8 Å². The van der Waals surface area contributed by atoms with E-state index in [0.29, 0.717) is 6.42 Å². The Balaban J connectivity index is 1.69. The van der Waals surface area contributed by atoms with Crippen LogP contribution in [-0.4, -0.2) is 21.5 Å². The number of unbranched alkanes of at least 4 members (excludes halogenated alkanes) is 1. The molecule has 0 saturated heterocycles. The zero-order valence-electron chi connectivity index (χ0n) is 15.6. The molecule has 3 N–H and O–H groups in total. The SMILES string of the molecule is CCCCn1ccnc1-c1cccc(NC(=O)C(N)Cc2ccccc2)c1. The van der Waals surface area contributed by atoms with Crippen LogP contribution in [0.25, 0.3) is 11.4 Å². The number of hydrogen-bond donors (Lipinski definition) is 2. The molecule has 1 unspecified atom stereocenters. The third-order valence-corrected chi connectivity index (χ3v) is 4.49. The zero-order chi connectivity index (χ0) is 19.1. The summed E-state index contributed by atoms with van der Waals surface area (Å²) >= 11 is 0. The van der Waals surface area contributed by atoms with Gasteiger partial charge in [0.2, 0.25) is 5.91 Å². The molecule has 3 rings (SSSR count). The van der Waals surface area contributed by atoms with Gasteiger partial charge in [0, 0.05) is 30.2 Å². The van der Waals surface area contributed by atoms with E-state index in [9.17, 15) is 4.79 Å². The van der Waals surface area contributed by atoms with Crippen LogP contribution in [0.15, 0.2) is 67.0 Å². The third-order valence-electron chi connectivity index (χ3n) is 4.49. The molecule has 1 atom stereocenters. The van der Waals surface area contributed by atoms with Gasteiger partial charge in [-0.2, -0.15) is 0 Å². The number of benzene rings is 2. The van der Waals surface area contributed by atoms with Crippen LogP contribution in [0.4, 0.5) is 5.69 Å². The van der Waals surface area contributed by atoms with Gasteiger partial charge in [-0.25, -0.2) is 4.98 Å². The van der Waals surface area contributed by atoms with Crippen molar-refractivity contribution < 1.29 is 4.79 Å². The highest BCUT2D eigenvalue weighted by Gasteiger charge is 2.15. The second kappa shape index (κ2) is 9.14. The van der Waals surface area contributed by atoms with Crippen molar-refractivity contribution >= 4 is 11.6 Å². The summed E-state index contributed by atoms with van der Waals surface area (Å²) in [7, 11) is 0. The number of rotatable bonds is 8. The molecule has 2 aromatic carbocycles. The highest BCUT2D eigenvalue weighted by molar-refractivity contribution is 5.95. The van der Waals surface area contributed by atoms with Crippen molar-refractivity contribution in [1.82, 2.24) is 9.55 Å². The first-order valence-corrected chi connectivity index (χ1v) is 9.39. The van der Waals surface area contributed by atoms with Crippen molar-refractivity contribution in [3.63, 3.8) is 0 Å². The molecular weight excluding hydrogens is 336 g/mol. The molecule has 3 aromatic rings. The fourth-order valence-electron chi connectivity index (χ4n) is 3.01. The van der Waals surface area contributed by atoms with Crippen molar-refractivity contribution in [3.05, 3.63) is 72.6 Å². The molecule has 27 heavy (non-hydrogen) atoms. The third kappa shape index (κ3) is 5.05. The van der Waals surface area contributed by atoms with Crippen molar-refractivity contribution in [3.8, 4) is 11.4 Å². The minimum absolute atomic E-state index is 0.190. The predicted octanol–water partition coefficient (Wildman–Crippen LogP) is 3.86. The Bertz CT molecular complexity index is 873. The van der Waals surface area contributed by atoms with Crippen molar-refractivity contribution in [2.24, 2.45) is 5.73 Å². The molecule has 0 bridgehead atoms. The van der Waals surface area contributed by atoms with Crippen LogP contribution in [0, 0.1) is 0 Å². The summed E-state index contributed by atoms with van der Waals surface area (Å²) in [6.07, 6.45) is 6.55. The Morgan fingerprint density at radius 2 is 2.00 bits per heavy atom. The summed E-state index contributed by atoms with van der Waals surface area (Å²) < 4.78 is 2.14. The van der Waals surface area contributed by atoms with Gasteiger partial charge in [0.15, 0.2) is 0 Å². The van der Waals surface area contributed by atoms with Crippen LogP contribution < -0.4 is 11.1 Å². The van der Waals surface area contributed by atoms with Gasteiger partial charge >= 0.3 is 0 Å². The van der Waals surface area contributed by atoms with E-state index in [-0.39, 0.29) is 5.91 Å². The number of amides is 1. The largest absolute Gasteiger partial charge is 0.331 e. The molecule has 5 nitrogen and oxygen atoms in total. The minimum atomic E-state index is -0.595. The number of carbonyl (C=O) groups excluding carboxylic acids is 1. The average molecular weight is 362 g/mol. The molecule has 0 radical (unpaired) electrons. The number of aryl methyl sites for hydroxylation is 1. The number of nitrogens with zero attached hydrogens (tertiary/aromatic N) is 2. The highest BCUT2D eigenvalue weighted by atomic mass is 16.2. The second-order valence-corrected chi connectivity index (χ2v) is 6.66. The Morgan fingerprint density at radius 3 is 2.78 bits per heavy atom. The molecular formula is C22H26N4O. The first-order chi connectivity index (χ1) is 13.2. The molecule has 1 aromatic heterocycles. The van der Waals surface area contributed by atoms with Gasteiger partial charge in [0.1, 0.15) is 5.82 Å². The summed E-state index contributed by atoms with van der Waals surface area (Å²) in [5.74, 6) is 0.721. The lowest BCUT2D eigenvalue weighted by atomic mass is 10.1. The number of nitrogens with two attached hydrogens (primary N) is 1. The molecule has 1 heterocycles. The lowest BCUT2D eigenvalue weighted by molar-refractivity contribution is -0.117. The van der Waals surface area contributed by atoms with E-state index in [0.717, 1.165) is 42.0 Å². The van der Waals surface area contributed by atoms with Crippen LogP contribution in [0.1, 0.15) is 25.3 Å². The Morgan fingerprint density at radius 1 is 1.19 bits per heavy atom. The smallest absolute Gasteiger partial charge is 0.241 e. The molecule has 140 valence electrons. The van der Waals surface area contributed by atoms with Crippen molar-refractivity contribution in [1.29, 1.82) is 0 Å². The quantitative estimate of drug-likeness (QED) is 0.639. The van der Waals surface area contributed by atoms with Gasteiger partial charge in [-0.05, 0) is 30.5 Å². The average Bonchev–Trinajstić information content (AvgIpc) is 3.16. The fourth-order valence-corrected chi connectivity index (χ4v) is 3.01. The topological polar surface area (TPSA) is 72.9 Å². The predicted molar refractivity (Wildman–Crippen MR) is 109 cm³/mol. The fraction of sp³-hybridized carbons (Fsp3) is 0.273. The molecule has 0 aliphatic carbocycles. The van der Waals surface area contributed by atoms with E-state index < -0.39 is 6.04 Å². The summed E-state index contributed by atoms with van der Waals surface area (Å²) in [5.41, 5.74) is 8.83. The van der Waals surface area contributed by atoms with E-state index in [1.165, 1.54) is 0 Å². The van der Waals surface area contributed by atoms with E-state index in [4.69, 9.17) is 5.73 Å². The van der Waals surface area contributed by atoms with Crippen LogP contribution >= 0.6 is 0 Å². The van der Waals surface area contributed by atoms with Gasteiger partial charge in [0.25, 0.3) is 0 Å². The maximum atomic E-state index is 12.5. The van der Waals surface area contributed by atoms with Gasteiger partial charge in [-0.3, -0.25) is 4.79 Å². The van der Waals surface area contributed by atoms with Gasteiger partial charge < -0.3 is 15.6 Å². The number of hydrogen-bond acceptors (Lipinski definition) is 3. The second-order valence-electron chi connectivity index (χ2n) is 6.66. The Hall–Kier alpha value is -2.92. The summed E-state index contributed by atoms with van der Waals surface area (Å²) in [6, 6.07) is 16.9. The van der Waals surface area contributed by atoms with Crippen LogP contribution in [-0.2, 0) is 17.8 Å². The van der Waals surface area contributed by atoms with E-state index in [1.807, 2.05) is 67.0 Å². The van der Waals surface area contributed by atoms with Crippen LogP contribution in [0.3, 0.4) is 0 Å². The maximum absolute atomic E-state index is 12.5. The van der Waals surface area contributed by atoms with E-state index >= 15 is 0 Å². The number of aromatic nitrogens is 2. The lowest BCUT2D eigenvalue weighted by Crippen LogP contribution is -2.37. The normalized spacial score (nSPS) is 11.9. The molecule has 0 saturated carbocycles. The van der Waals surface area contributed by atoms with Gasteiger partial charge in [-0.15, -0.1) is 0 Å². The molecule has 5 heteroatoms. The summed E-state index contributed by atoms with van der Waals surface area (Å²) in [5, 5.41) is 2.93. The number of nitrogens with one attached hydrogen (secondary N) is 1. The molecule has 0 aliphatic heterocycles. The monoisotopic (exact) mass is 362 g/mol. The molecule has 1 amide bonds. The Labute approximate surface area is 160 Å². The molecule has 0 fully saturated rings. The van der Waals surface area contributed by atoms with Gasteiger partial charge in [0.05, 0.1) is 6.04 Å².